The minimum absolute atomic E-state index is 0.459. The lowest BCUT2D eigenvalue weighted by Crippen LogP contribution is -2.28. The first-order chi connectivity index (χ1) is 16.9. The van der Waals surface area contributed by atoms with Crippen LogP contribution >= 0.6 is 0 Å². The van der Waals surface area contributed by atoms with Crippen LogP contribution in [0.15, 0.2) is 42.5 Å². The molecule has 1 N–H and O–H groups in total. The van der Waals surface area contributed by atoms with Crippen LogP contribution in [0.4, 0.5) is 8.78 Å². The van der Waals surface area contributed by atoms with Crippen LogP contribution in [-0.2, 0) is 29.2 Å². The SMILES string of the molecule is Cc1ccc(-c2c(C)c3c(c(C)c2C(OC(C)(C)C)C(=O)O)CN(Cc2ccc(F)c(F)c2)C3)cc1. The van der Waals surface area contributed by atoms with Gasteiger partial charge in [0.2, 0.25) is 0 Å². The van der Waals surface area contributed by atoms with Gasteiger partial charge in [0.1, 0.15) is 0 Å². The molecule has 36 heavy (non-hydrogen) atoms. The van der Waals surface area contributed by atoms with Crippen molar-refractivity contribution in [3.05, 3.63) is 93.0 Å². The van der Waals surface area contributed by atoms with Crippen molar-refractivity contribution in [3.8, 4) is 11.1 Å². The Morgan fingerprint density at radius 1 is 0.972 bits per heavy atom. The third-order valence-corrected chi connectivity index (χ3v) is 6.77. The minimum Gasteiger partial charge on any atom is -0.479 e. The van der Waals surface area contributed by atoms with Crippen molar-refractivity contribution in [2.24, 2.45) is 0 Å². The number of fused-ring (bicyclic) bond motifs is 1. The van der Waals surface area contributed by atoms with Crippen LogP contribution in [0.2, 0.25) is 0 Å². The molecule has 0 spiro atoms. The molecule has 1 atom stereocenters. The van der Waals surface area contributed by atoms with E-state index in [0.717, 1.165) is 45.0 Å². The second-order valence-electron chi connectivity index (χ2n) is 10.7. The number of carbonyl (C=O) groups is 1. The van der Waals surface area contributed by atoms with E-state index in [1.807, 2.05) is 65.8 Å². The summed E-state index contributed by atoms with van der Waals surface area (Å²) in [6.45, 7) is 13.3. The average molecular weight is 494 g/mol. The van der Waals surface area contributed by atoms with Crippen LogP contribution in [0.5, 0.6) is 0 Å². The van der Waals surface area contributed by atoms with Gasteiger partial charge in [0.15, 0.2) is 17.7 Å². The van der Waals surface area contributed by atoms with Gasteiger partial charge in [0.05, 0.1) is 5.60 Å². The first-order valence-corrected chi connectivity index (χ1v) is 12.1. The molecule has 4 rings (SSSR count). The molecule has 4 nitrogen and oxygen atoms in total. The molecule has 0 aliphatic carbocycles. The summed E-state index contributed by atoms with van der Waals surface area (Å²) >= 11 is 0. The van der Waals surface area contributed by atoms with Crippen molar-refractivity contribution in [2.75, 3.05) is 0 Å². The Hall–Kier alpha value is -3.09. The Bertz CT molecular complexity index is 1310. The van der Waals surface area contributed by atoms with Gasteiger partial charge in [-0.1, -0.05) is 35.9 Å². The van der Waals surface area contributed by atoms with Crippen molar-refractivity contribution in [1.82, 2.24) is 4.90 Å². The number of rotatable bonds is 6. The van der Waals surface area contributed by atoms with Gasteiger partial charge >= 0.3 is 5.97 Å². The summed E-state index contributed by atoms with van der Waals surface area (Å²) in [6, 6.07) is 12.1. The first kappa shape index (κ1) is 26.0. The standard InChI is InChI=1S/C30H33F2NO3/c1-17-7-10-21(11-8-17)26-18(2)22-15-33(14-20-9-12-24(31)25(32)13-20)16-23(22)19(3)27(26)28(29(34)35)36-30(4,5)6/h7-13,28H,14-16H2,1-6H3,(H,34,35). The van der Waals surface area contributed by atoms with Gasteiger partial charge in [-0.2, -0.15) is 0 Å². The van der Waals surface area contributed by atoms with Crippen LogP contribution < -0.4 is 0 Å². The third-order valence-electron chi connectivity index (χ3n) is 6.77. The average Bonchev–Trinajstić information content (AvgIpc) is 3.22. The normalized spacial score (nSPS) is 14.7. The maximum absolute atomic E-state index is 13.8. The van der Waals surface area contributed by atoms with Gasteiger partial charge in [0.25, 0.3) is 0 Å². The zero-order valence-electron chi connectivity index (χ0n) is 21.7. The number of hydrogen-bond donors (Lipinski definition) is 1. The number of benzene rings is 3. The highest BCUT2D eigenvalue weighted by Crippen LogP contribution is 2.43. The van der Waals surface area contributed by atoms with Crippen LogP contribution in [0, 0.1) is 32.4 Å². The van der Waals surface area contributed by atoms with Crippen molar-refractivity contribution in [2.45, 2.75) is 72.9 Å². The second-order valence-corrected chi connectivity index (χ2v) is 10.7. The maximum atomic E-state index is 13.8. The Balaban J connectivity index is 1.84. The predicted octanol–water partition coefficient (Wildman–Crippen LogP) is 7.01. The molecule has 0 saturated carbocycles. The van der Waals surface area contributed by atoms with E-state index in [0.29, 0.717) is 30.8 Å². The Morgan fingerprint density at radius 3 is 2.14 bits per heavy atom. The molecule has 1 aliphatic heterocycles. The molecular weight excluding hydrogens is 460 g/mol. The molecule has 0 fully saturated rings. The molecule has 0 amide bonds. The highest BCUT2D eigenvalue weighted by atomic mass is 19.2. The molecule has 0 radical (unpaired) electrons. The number of carboxylic acid groups (broad SMARTS) is 1. The Labute approximate surface area is 211 Å². The van der Waals surface area contributed by atoms with Crippen LogP contribution in [0.1, 0.15) is 65.8 Å². The number of aryl methyl sites for hydroxylation is 1. The van der Waals surface area contributed by atoms with Gasteiger partial charge in [-0.15, -0.1) is 0 Å². The molecule has 1 aliphatic rings. The van der Waals surface area contributed by atoms with E-state index in [4.69, 9.17) is 4.74 Å². The molecule has 3 aromatic carbocycles. The number of carboxylic acids is 1. The number of hydrogen-bond acceptors (Lipinski definition) is 3. The van der Waals surface area contributed by atoms with E-state index in [1.165, 1.54) is 6.07 Å². The van der Waals surface area contributed by atoms with Crippen molar-refractivity contribution in [1.29, 1.82) is 0 Å². The van der Waals surface area contributed by atoms with E-state index < -0.39 is 29.3 Å². The largest absolute Gasteiger partial charge is 0.479 e. The van der Waals surface area contributed by atoms with E-state index in [1.54, 1.807) is 6.07 Å². The summed E-state index contributed by atoms with van der Waals surface area (Å²) in [6.07, 6.45) is -1.13. The molecule has 0 saturated heterocycles. The number of halogens is 2. The Morgan fingerprint density at radius 2 is 1.58 bits per heavy atom. The molecule has 1 heterocycles. The highest BCUT2D eigenvalue weighted by Gasteiger charge is 2.35. The molecule has 3 aromatic rings. The Kier molecular flexibility index (Phi) is 7.04. The van der Waals surface area contributed by atoms with Crippen molar-refractivity contribution >= 4 is 5.97 Å². The number of nitrogens with zero attached hydrogens (tertiary/aromatic N) is 1. The summed E-state index contributed by atoms with van der Waals surface area (Å²) in [4.78, 5) is 14.7. The highest BCUT2D eigenvalue weighted by molar-refractivity contribution is 5.84. The predicted molar refractivity (Wildman–Crippen MR) is 137 cm³/mol. The zero-order valence-corrected chi connectivity index (χ0v) is 21.7. The maximum Gasteiger partial charge on any atom is 0.337 e. The summed E-state index contributed by atoms with van der Waals surface area (Å²) in [5.74, 6) is -2.75. The summed E-state index contributed by atoms with van der Waals surface area (Å²) in [5, 5.41) is 10.3. The van der Waals surface area contributed by atoms with E-state index in [-0.39, 0.29) is 0 Å². The summed E-state index contributed by atoms with van der Waals surface area (Å²) < 4.78 is 33.3. The monoisotopic (exact) mass is 493 g/mol. The molecule has 1 unspecified atom stereocenters. The number of aliphatic carboxylic acids is 1. The molecule has 0 aromatic heterocycles. The van der Waals surface area contributed by atoms with E-state index >= 15 is 0 Å². The quantitative estimate of drug-likeness (QED) is 0.401. The van der Waals surface area contributed by atoms with Crippen molar-refractivity contribution in [3.63, 3.8) is 0 Å². The van der Waals surface area contributed by atoms with Crippen LogP contribution in [0.3, 0.4) is 0 Å². The molecular formula is C30H33F2NO3. The van der Waals surface area contributed by atoms with E-state index in [2.05, 4.69) is 4.90 Å². The van der Waals surface area contributed by atoms with Gasteiger partial charge in [-0.05, 0) is 92.6 Å². The van der Waals surface area contributed by atoms with Gasteiger partial charge in [0, 0.05) is 25.2 Å². The lowest BCUT2D eigenvalue weighted by Gasteiger charge is -2.30. The van der Waals surface area contributed by atoms with Crippen LogP contribution in [-0.4, -0.2) is 21.6 Å². The fraction of sp³-hybridized carbons (Fsp3) is 0.367. The first-order valence-electron chi connectivity index (χ1n) is 12.1. The summed E-state index contributed by atoms with van der Waals surface area (Å²) in [5.41, 5.74) is 7.79. The lowest BCUT2D eigenvalue weighted by molar-refractivity contribution is -0.160. The van der Waals surface area contributed by atoms with Gasteiger partial charge < -0.3 is 9.84 Å². The molecule has 190 valence electrons. The zero-order chi connectivity index (χ0) is 26.4. The smallest absolute Gasteiger partial charge is 0.337 e. The summed E-state index contributed by atoms with van der Waals surface area (Å²) in [7, 11) is 0. The fourth-order valence-corrected chi connectivity index (χ4v) is 5.10. The third kappa shape index (κ3) is 5.20. The van der Waals surface area contributed by atoms with Crippen molar-refractivity contribution < 1.29 is 23.4 Å². The topological polar surface area (TPSA) is 49.8 Å². The lowest BCUT2D eigenvalue weighted by atomic mass is 9.83. The fourth-order valence-electron chi connectivity index (χ4n) is 5.10. The molecule has 0 bridgehead atoms. The van der Waals surface area contributed by atoms with Gasteiger partial charge in [-0.3, -0.25) is 4.90 Å². The second kappa shape index (κ2) is 9.75. The van der Waals surface area contributed by atoms with Crippen LogP contribution in [0.25, 0.3) is 11.1 Å². The molecule has 6 heteroatoms. The number of ether oxygens (including phenoxy) is 1. The van der Waals surface area contributed by atoms with Gasteiger partial charge in [-0.25, -0.2) is 13.6 Å². The minimum atomic E-state index is -1.13. The van der Waals surface area contributed by atoms with E-state index in [9.17, 15) is 18.7 Å².